The third-order valence-corrected chi connectivity index (χ3v) is 10.5. The van der Waals surface area contributed by atoms with E-state index in [2.05, 4.69) is 148 Å². The number of nitrogens with zero attached hydrogens (tertiary/aromatic N) is 4. The summed E-state index contributed by atoms with van der Waals surface area (Å²) in [6.45, 7) is 0. The van der Waals surface area contributed by atoms with E-state index in [1.54, 1.807) is 6.20 Å². The molecule has 0 aliphatic rings. The van der Waals surface area contributed by atoms with Gasteiger partial charge in [-0.25, -0.2) is 4.98 Å². The van der Waals surface area contributed by atoms with Gasteiger partial charge in [0.2, 0.25) is 0 Å². The van der Waals surface area contributed by atoms with Gasteiger partial charge >= 0.3 is 0 Å². The van der Waals surface area contributed by atoms with Gasteiger partial charge in [-0.15, -0.1) is 11.3 Å². The molecule has 0 N–H and O–H groups in total. The van der Waals surface area contributed by atoms with Gasteiger partial charge in [0.15, 0.2) is 0 Å². The number of aromatic nitrogens is 4. The number of hydrogen-bond acceptors (Lipinski definition) is 3. The number of fused-ring (bicyclic) bond motifs is 7. The monoisotopic (exact) mass is 618 g/mol. The van der Waals surface area contributed by atoms with Crippen molar-refractivity contribution < 1.29 is 0 Å². The Morgan fingerprint density at radius 2 is 1.21 bits per heavy atom. The average Bonchev–Trinajstić information content (AvgIpc) is 3.82. The molecule has 0 saturated heterocycles. The molecule has 0 aliphatic carbocycles. The van der Waals surface area contributed by atoms with Crippen LogP contribution < -0.4 is 0 Å². The van der Waals surface area contributed by atoms with E-state index in [1.807, 2.05) is 29.7 Å². The van der Waals surface area contributed by atoms with Gasteiger partial charge in [-0.3, -0.25) is 9.55 Å². The van der Waals surface area contributed by atoms with Gasteiger partial charge in [-0.1, -0.05) is 72.8 Å². The summed E-state index contributed by atoms with van der Waals surface area (Å²) < 4.78 is 7.27. The van der Waals surface area contributed by atoms with Crippen LogP contribution in [-0.2, 0) is 0 Å². The first-order valence-corrected chi connectivity index (χ1v) is 16.6. The van der Waals surface area contributed by atoms with Crippen LogP contribution in [0.5, 0.6) is 0 Å². The molecule has 0 fully saturated rings. The summed E-state index contributed by atoms with van der Waals surface area (Å²) in [5.41, 5.74) is 10.1. The summed E-state index contributed by atoms with van der Waals surface area (Å²) in [6, 6.07) is 52.2. The minimum absolute atomic E-state index is 0.880. The molecular formula is C42H26N4S. The molecule has 0 aliphatic heterocycles. The zero-order chi connectivity index (χ0) is 30.9. The highest BCUT2D eigenvalue weighted by Crippen LogP contribution is 2.42. The quantitative estimate of drug-likeness (QED) is 0.197. The van der Waals surface area contributed by atoms with E-state index in [-0.39, 0.29) is 0 Å². The van der Waals surface area contributed by atoms with Crippen LogP contribution in [0.25, 0.3) is 86.9 Å². The highest BCUT2D eigenvalue weighted by Gasteiger charge is 2.17. The maximum absolute atomic E-state index is 5.00. The van der Waals surface area contributed by atoms with Crippen LogP contribution in [0.1, 0.15) is 0 Å². The van der Waals surface area contributed by atoms with Crippen LogP contribution in [-0.4, -0.2) is 19.1 Å². The van der Waals surface area contributed by atoms with Crippen LogP contribution in [0.4, 0.5) is 0 Å². The highest BCUT2D eigenvalue weighted by molar-refractivity contribution is 7.26. The van der Waals surface area contributed by atoms with Gasteiger partial charge in [0, 0.05) is 60.3 Å². The SMILES string of the molecule is c1cncc(-c2nc3ccccc3n2-c2ccc(-n3c4ccccc4c4cc(-c5cccc6c5sc5ccccc56)ccc43)cc2)c1. The molecule has 4 aromatic heterocycles. The number of pyridine rings is 1. The van der Waals surface area contributed by atoms with Crippen molar-refractivity contribution in [2.24, 2.45) is 0 Å². The smallest absolute Gasteiger partial charge is 0.147 e. The first-order chi connectivity index (χ1) is 23.3. The van der Waals surface area contributed by atoms with Crippen LogP contribution >= 0.6 is 11.3 Å². The molecule has 4 nitrogen and oxygen atoms in total. The topological polar surface area (TPSA) is 35.6 Å². The molecule has 0 radical (unpaired) electrons. The van der Waals surface area contributed by atoms with Crippen LogP contribution in [0.15, 0.2) is 158 Å². The second-order valence-corrected chi connectivity index (χ2v) is 12.9. The Kier molecular flexibility index (Phi) is 5.71. The van der Waals surface area contributed by atoms with Crippen molar-refractivity contribution in [2.45, 2.75) is 0 Å². The molecule has 10 aromatic rings. The molecule has 10 rings (SSSR count). The van der Waals surface area contributed by atoms with Crippen molar-refractivity contribution in [3.05, 3.63) is 158 Å². The Labute approximate surface area is 274 Å². The van der Waals surface area contributed by atoms with Gasteiger partial charge in [-0.05, 0) is 83.9 Å². The number of benzene rings is 6. The Morgan fingerprint density at radius 1 is 0.489 bits per heavy atom. The zero-order valence-electron chi connectivity index (χ0n) is 25.2. The molecule has 0 unspecified atom stereocenters. The molecule has 220 valence electrons. The molecule has 0 saturated carbocycles. The fraction of sp³-hybridized carbons (Fsp3) is 0. The summed E-state index contributed by atoms with van der Waals surface area (Å²) in [4.78, 5) is 9.36. The lowest BCUT2D eigenvalue weighted by Gasteiger charge is -2.12. The van der Waals surface area contributed by atoms with E-state index < -0.39 is 0 Å². The molecule has 0 atom stereocenters. The third-order valence-electron chi connectivity index (χ3n) is 9.23. The zero-order valence-corrected chi connectivity index (χ0v) is 26.0. The second kappa shape index (κ2) is 10.2. The summed E-state index contributed by atoms with van der Waals surface area (Å²) in [7, 11) is 0. The van der Waals surface area contributed by atoms with E-state index in [0.29, 0.717) is 0 Å². The van der Waals surface area contributed by atoms with Crippen LogP contribution in [0, 0.1) is 0 Å². The number of imidazole rings is 1. The van der Waals surface area contributed by atoms with E-state index in [1.165, 1.54) is 53.1 Å². The Bertz CT molecular complexity index is 2790. The molecule has 5 heteroatoms. The van der Waals surface area contributed by atoms with Crippen molar-refractivity contribution in [1.82, 2.24) is 19.1 Å². The van der Waals surface area contributed by atoms with Crippen molar-refractivity contribution >= 4 is 64.3 Å². The summed E-state index contributed by atoms with van der Waals surface area (Å²) in [6.07, 6.45) is 3.67. The number of hydrogen-bond donors (Lipinski definition) is 0. The lowest BCUT2D eigenvalue weighted by atomic mass is 10.0. The molecule has 0 spiro atoms. The van der Waals surface area contributed by atoms with Gasteiger partial charge in [0.25, 0.3) is 0 Å². The Morgan fingerprint density at radius 3 is 2.06 bits per heavy atom. The highest BCUT2D eigenvalue weighted by atomic mass is 32.1. The van der Waals surface area contributed by atoms with E-state index in [4.69, 9.17) is 4.98 Å². The third kappa shape index (κ3) is 4.00. The van der Waals surface area contributed by atoms with Gasteiger partial charge in [0.05, 0.1) is 22.1 Å². The lowest BCUT2D eigenvalue weighted by molar-refractivity contribution is 1.09. The minimum atomic E-state index is 0.880. The van der Waals surface area contributed by atoms with Gasteiger partial charge < -0.3 is 4.57 Å². The molecule has 47 heavy (non-hydrogen) atoms. The van der Waals surface area contributed by atoms with Crippen molar-refractivity contribution in [1.29, 1.82) is 0 Å². The van der Waals surface area contributed by atoms with E-state index in [0.717, 1.165) is 33.8 Å². The summed E-state index contributed by atoms with van der Waals surface area (Å²) in [5, 5.41) is 5.14. The van der Waals surface area contributed by atoms with E-state index in [9.17, 15) is 0 Å². The van der Waals surface area contributed by atoms with Crippen LogP contribution in [0.2, 0.25) is 0 Å². The predicted molar refractivity (Wildman–Crippen MR) is 197 cm³/mol. The molecule has 6 aromatic carbocycles. The Balaban J connectivity index is 1.13. The molecular weight excluding hydrogens is 593 g/mol. The Hall–Kier alpha value is -6.04. The molecule has 0 bridgehead atoms. The number of thiophene rings is 1. The predicted octanol–water partition coefficient (Wildman–Crippen LogP) is 11.2. The summed E-state index contributed by atoms with van der Waals surface area (Å²) in [5.74, 6) is 0.880. The van der Waals surface area contributed by atoms with Gasteiger partial charge in [0.1, 0.15) is 5.82 Å². The first kappa shape index (κ1) is 26.2. The fourth-order valence-corrected chi connectivity index (χ4v) is 8.36. The van der Waals surface area contributed by atoms with Gasteiger partial charge in [-0.2, -0.15) is 0 Å². The first-order valence-electron chi connectivity index (χ1n) is 15.7. The minimum Gasteiger partial charge on any atom is -0.309 e. The fourth-order valence-electron chi connectivity index (χ4n) is 7.12. The maximum atomic E-state index is 5.00. The molecule has 4 heterocycles. The second-order valence-electron chi connectivity index (χ2n) is 11.9. The van der Waals surface area contributed by atoms with E-state index >= 15 is 0 Å². The van der Waals surface area contributed by atoms with Crippen LogP contribution in [0.3, 0.4) is 0 Å². The standard InChI is InChI=1S/C42H26N4S/c1-4-15-37-32(10-1)35-25-27(31-12-7-13-34-33-11-2-6-17-40(33)47-41(31)34)18-23-38(35)45(37)29-19-21-30(22-20-29)46-39-16-5-3-14-36(39)44-42(46)28-9-8-24-43-26-28/h1-26H. The average molecular weight is 619 g/mol. The molecule has 0 amide bonds. The van der Waals surface area contributed by atoms with Crippen molar-refractivity contribution in [3.8, 4) is 33.9 Å². The number of rotatable bonds is 4. The normalized spacial score (nSPS) is 11.8. The lowest BCUT2D eigenvalue weighted by Crippen LogP contribution is -1.99. The van der Waals surface area contributed by atoms with Crippen molar-refractivity contribution in [2.75, 3.05) is 0 Å². The summed E-state index contributed by atoms with van der Waals surface area (Å²) >= 11 is 1.88. The number of para-hydroxylation sites is 3. The van der Waals surface area contributed by atoms with Crippen molar-refractivity contribution in [3.63, 3.8) is 0 Å². The largest absolute Gasteiger partial charge is 0.309 e. The maximum Gasteiger partial charge on any atom is 0.147 e.